The SMILES string of the molecule is CC1(C)OC[C@@](C)(c2cc(C(F)(F)F)c3c(N)ncnn23)N(c2ccc(C(N)=O)cc2)C1=O. The second kappa shape index (κ2) is 7.17. The van der Waals surface area contributed by atoms with Crippen molar-refractivity contribution in [1.82, 2.24) is 14.6 Å². The van der Waals surface area contributed by atoms with Crippen molar-refractivity contribution in [3.63, 3.8) is 0 Å². The summed E-state index contributed by atoms with van der Waals surface area (Å²) < 4.78 is 48.4. The van der Waals surface area contributed by atoms with Crippen molar-refractivity contribution >= 4 is 28.8 Å². The van der Waals surface area contributed by atoms with E-state index in [1.807, 2.05) is 0 Å². The van der Waals surface area contributed by atoms with Gasteiger partial charge in [-0.3, -0.25) is 14.5 Å². The number of primary amides is 1. The zero-order valence-corrected chi connectivity index (χ0v) is 18.0. The largest absolute Gasteiger partial charge is 0.418 e. The molecule has 0 spiro atoms. The number of halogens is 3. The number of rotatable bonds is 3. The normalized spacial score (nSPS) is 20.9. The van der Waals surface area contributed by atoms with E-state index < -0.39 is 40.2 Å². The predicted molar refractivity (Wildman–Crippen MR) is 112 cm³/mol. The summed E-state index contributed by atoms with van der Waals surface area (Å²) >= 11 is 0. The maximum Gasteiger partial charge on any atom is 0.418 e. The van der Waals surface area contributed by atoms with Crippen molar-refractivity contribution in [3.05, 3.63) is 53.5 Å². The van der Waals surface area contributed by atoms with E-state index in [0.717, 1.165) is 16.9 Å². The van der Waals surface area contributed by atoms with Crippen molar-refractivity contribution in [2.24, 2.45) is 5.73 Å². The van der Waals surface area contributed by atoms with E-state index in [4.69, 9.17) is 16.2 Å². The minimum atomic E-state index is -4.74. The number of nitrogen functional groups attached to an aromatic ring is 1. The molecule has 1 atom stereocenters. The highest BCUT2D eigenvalue weighted by atomic mass is 19.4. The Morgan fingerprint density at radius 3 is 2.39 bits per heavy atom. The van der Waals surface area contributed by atoms with Crippen LogP contribution in [0.3, 0.4) is 0 Å². The van der Waals surface area contributed by atoms with Crippen LogP contribution in [0.2, 0.25) is 0 Å². The molecule has 0 unspecified atom stereocenters. The summed E-state index contributed by atoms with van der Waals surface area (Å²) in [6, 6.07) is 6.78. The van der Waals surface area contributed by atoms with Crippen LogP contribution in [0.25, 0.3) is 5.52 Å². The van der Waals surface area contributed by atoms with Gasteiger partial charge < -0.3 is 16.2 Å². The van der Waals surface area contributed by atoms with Crippen molar-refractivity contribution in [2.75, 3.05) is 17.2 Å². The molecule has 1 aliphatic rings. The van der Waals surface area contributed by atoms with Gasteiger partial charge in [-0.15, -0.1) is 0 Å². The maximum atomic E-state index is 13.9. The Bertz CT molecular complexity index is 1270. The third-order valence-corrected chi connectivity index (χ3v) is 5.78. The van der Waals surface area contributed by atoms with Crippen LogP contribution in [0.5, 0.6) is 0 Å². The smallest absolute Gasteiger partial charge is 0.382 e. The topological polar surface area (TPSA) is 129 Å². The number of aromatic nitrogens is 3. The number of nitrogens with two attached hydrogens (primary N) is 2. The van der Waals surface area contributed by atoms with Crippen LogP contribution < -0.4 is 16.4 Å². The highest BCUT2D eigenvalue weighted by Crippen LogP contribution is 2.44. The predicted octanol–water partition coefficient (Wildman–Crippen LogP) is 2.49. The van der Waals surface area contributed by atoms with Crippen molar-refractivity contribution < 1.29 is 27.5 Å². The number of amides is 2. The molecule has 0 bridgehead atoms. The molecule has 4 rings (SSSR count). The van der Waals surface area contributed by atoms with Gasteiger partial charge in [0.25, 0.3) is 5.91 Å². The average Bonchev–Trinajstić information content (AvgIpc) is 3.14. The van der Waals surface area contributed by atoms with Crippen molar-refractivity contribution in [3.8, 4) is 0 Å². The van der Waals surface area contributed by atoms with Gasteiger partial charge in [-0.25, -0.2) is 9.50 Å². The summed E-state index contributed by atoms with van der Waals surface area (Å²) in [6.45, 7) is 4.56. The number of alkyl halides is 3. The van der Waals surface area contributed by atoms with Crippen LogP contribution in [0.4, 0.5) is 24.7 Å². The standard InChI is InChI=1S/C21H21F3N6O3/c1-19(2)18(32)29(12-6-4-11(5-7-12)17(26)31)20(3,9-33-19)14-8-13(21(22,23)24)15-16(25)27-10-28-30(14)15/h4-8,10H,9H2,1-3H3,(H2,26,31)(H2,25,27,28)/t20-/m0/s1. The van der Waals surface area contributed by atoms with E-state index in [-0.39, 0.29) is 23.7 Å². The Kier molecular flexibility index (Phi) is 4.89. The molecule has 1 fully saturated rings. The average molecular weight is 462 g/mol. The molecule has 1 aliphatic heterocycles. The molecule has 33 heavy (non-hydrogen) atoms. The summed E-state index contributed by atoms with van der Waals surface area (Å²) in [6.07, 6.45) is -3.71. The molecule has 4 N–H and O–H groups in total. The Morgan fingerprint density at radius 2 is 1.82 bits per heavy atom. The van der Waals surface area contributed by atoms with Crippen LogP contribution in [0, 0.1) is 0 Å². The van der Waals surface area contributed by atoms with Crippen LogP contribution in [0.1, 0.15) is 42.4 Å². The number of benzene rings is 1. The van der Waals surface area contributed by atoms with E-state index in [2.05, 4.69) is 10.1 Å². The van der Waals surface area contributed by atoms with Gasteiger partial charge in [0, 0.05) is 11.3 Å². The van der Waals surface area contributed by atoms with Gasteiger partial charge >= 0.3 is 6.18 Å². The van der Waals surface area contributed by atoms with E-state index >= 15 is 0 Å². The molecule has 3 aromatic rings. The molecule has 0 saturated carbocycles. The summed E-state index contributed by atoms with van der Waals surface area (Å²) in [5, 5.41) is 3.99. The quantitative estimate of drug-likeness (QED) is 0.615. The van der Waals surface area contributed by atoms with Gasteiger partial charge in [0.15, 0.2) is 5.82 Å². The molecular weight excluding hydrogens is 441 g/mol. The Labute approximate surface area is 186 Å². The first kappa shape index (κ1) is 22.5. The number of carbonyl (C=O) groups is 2. The summed E-state index contributed by atoms with van der Waals surface area (Å²) in [5.41, 5.74) is 7.54. The zero-order valence-electron chi connectivity index (χ0n) is 18.0. The van der Waals surface area contributed by atoms with Crippen LogP contribution >= 0.6 is 0 Å². The molecule has 174 valence electrons. The first-order chi connectivity index (χ1) is 15.3. The van der Waals surface area contributed by atoms with E-state index in [0.29, 0.717) is 5.69 Å². The number of hydrogen-bond acceptors (Lipinski definition) is 6. The molecule has 3 heterocycles. The fraction of sp³-hybridized carbons (Fsp3) is 0.333. The van der Waals surface area contributed by atoms with Crippen LogP contribution in [-0.2, 0) is 21.2 Å². The number of anilines is 2. The van der Waals surface area contributed by atoms with E-state index in [1.54, 1.807) is 20.8 Å². The monoisotopic (exact) mass is 462 g/mol. The molecule has 2 amide bonds. The fourth-order valence-electron chi connectivity index (χ4n) is 3.97. The molecule has 0 aliphatic carbocycles. The van der Waals surface area contributed by atoms with E-state index in [1.165, 1.54) is 29.2 Å². The molecule has 1 saturated heterocycles. The second-order valence-corrected chi connectivity index (χ2v) is 8.47. The van der Waals surface area contributed by atoms with Crippen molar-refractivity contribution in [2.45, 2.75) is 38.1 Å². The minimum Gasteiger partial charge on any atom is -0.382 e. The summed E-state index contributed by atoms with van der Waals surface area (Å²) in [4.78, 5) is 30.0. The highest BCUT2D eigenvalue weighted by molar-refractivity contribution is 6.02. The van der Waals surface area contributed by atoms with Crippen LogP contribution in [0.15, 0.2) is 36.7 Å². The Morgan fingerprint density at radius 1 is 1.18 bits per heavy atom. The summed E-state index contributed by atoms with van der Waals surface area (Å²) in [5.74, 6) is -1.50. The second-order valence-electron chi connectivity index (χ2n) is 8.47. The number of nitrogens with zero attached hydrogens (tertiary/aromatic N) is 4. The van der Waals surface area contributed by atoms with Crippen molar-refractivity contribution in [1.29, 1.82) is 0 Å². The Hall–Kier alpha value is -3.67. The lowest BCUT2D eigenvalue weighted by Crippen LogP contribution is -2.63. The van der Waals surface area contributed by atoms with Crippen LogP contribution in [-0.4, -0.2) is 38.6 Å². The minimum absolute atomic E-state index is 0.0294. The molecular formula is C21H21F3N6O3. The van der Waals surface area contributed by atoms with Gasteiger partial charge in [0.05, 0.1) is 17.9 Å². The first-order valence-corrected chi connectivity index (χ1v) is 9.86. The lowest BCUT2D eigenvalue weighted by molar-refractivity contribution is -0.153. The van der Waals surface area contributed by atoms with E-state index in [9.17, 15) is 22.8 Å². The molecule has 9 nitrogen and oxygen atoms in total. The first-order valence-electron chi connectivity index (χ1n) is 9.86. The molecule has 12 heteroatoms. The maximum absolute atomic E-state index is 13.9. The third-order valence-electron chi connectivity index (χ3n) is 5.78. The van der Waals surface area contributed by atoms with Gasteiger partial charge in [-0.2, -0.15) is 18.3 Å². The number of fused-ring (bicyclic) bond motifs is 1. The lowest BCUT2D eigenvalue weighted by atomic mass is 9.89. The molecule has 2 aromatic heterocycles. The number of carbonyl (C=O) groups excluding carboxylic acids is 2. The van der Waals surface area contributed by atoms with Gasteiger partial charge in [0.1, 0.15) is 23.0 Å². The molecule has 0 radical (unpaired) electrons. The lowest BCUT2D eigenvalue weighted by Gasteiger charge is -2.49. The van der Waals surface area contributed by atoms with Gasteiger partial charge in [-0.1, -0.05) is 0 Å². The zero-order chi connectivity index (χ0) is 24.3. The Balaban J connectivity index is 1.98. The number of morpholine rings is 1. The number of ether oxygens (including phenoxy) is 1. The highest BCUT2D eigenvalue weighted by Gasteiger charge is 2.52. The van der Waals surface area contributed by atoms with Gasteiger partial charge in [0.2, 0.25) is 5.91 Å². The van der Waals surface area contributed by atoms with Gasteiger partial charge in [-0.05, 0) is 51.1 Å². The third kappa shape index (κ3) is 3.46. The molecule has 1 aromatic carbocycles. The fourth-order valence-corrected chi connectivity index (χ4v) is 3.97. The summed E-state index contributed by atoms with van der Waals surface area (Å²) in [7, 11) is 0. The number of hydrogen-bond donors (Lipinski definition) is 2.